The lowest BCUT2D eigenvalue weighted by Gasteiger charge is -2.25. The Kier molecular flexibility index (Phi) is 6.36. The van der Waals surface area contributed by atoms with Gasteiger partial charge in [-0.15, -0.1) is 0 Å². The summed E-state index contributed by atoms with van der Waals surface area (Å²) >= 11 is 0. The normalized spacial score (nSPS) is 11.3. The molecule has 0 atom stereocenters. The minimum atomic E-state index is -3.94. The Morgan fingerprint density at radius 2 is 1.79 bits per heavy atom. The molecule has 29 heavy (non-hydrogen) atoms. The number of hydrogen-bond acceptors (Lipinski definition) is 5. The Bertz CT molecular complexity index is 1100. The number of carbonyl (C=O) groups is 1. The second-order valence-electron chi connectivity index (χ2n) is 6.19. The van der Waals surface area contributed by atoms with Gasteiger partial charge in [0, 0.05) is 18.0 Å². The third kappa shape index (κ3) is 5.05. The number of nitrogens with zero attached hydrogens (tertiary/aromatic N) is 3. The summed E-state index contributed by atoms with van der Waals surface area (Å²) in [5.74, 6) is -0.562. The van der Waals surface area contributed by atoms with E-state index in [1.807, 2.05) is 6.07 Å². The number of aromatic nitrogens is 1. The van der Waals surface area contributed by atoms with Crippen molar-refractivity contribution >= 4 is 27.8 Å². The number of amides is 1. The quantitative estimate of drug-likeness (QED) is 0.481. The zero-order valence-corrected chi connectivity index (χ0v) is 16.6. The van der Waals surface area contributed by atoms with Gasteiger partial charge >= 0.3 is 0 Å². The molecule has 1 aromatic heterocycles. The first kappa shape index (κ1) is 20.2. The first-order valence-corrected chi connectivity index (χ1v) is 10.3. The Hall–Kier alpha value is -3.52. The molecule has 0 saturated carbocycles. The molecular formula is C21H20N4O3S. The van der Waals surface area contributed by atoms with Crippen molar-refractivity contribution in [1.29, 1.82) is 0 Å². The lowest BCUT2D eigenvalue weighted by Crippen LogP contribution is -2.40. The molecule has 1 heterocycles. The minimum Gasteiger partial charge on any atom is -0.271 e. The highest BCUT2D eigenvalue weighted by molar-refractivity contribution is 7.92. The van der Waals surface area contributed by atoms with E-state index in [-0.39, 0.29) is 4.90 Å². The van der Waals surface area contributed by atoms with Crippen LogP contribution in [0.15, 0.2) is 89.1 Å². The van der Waals surface area contributed by atoms with Crippen LogP contribution in [-0.4, -0.2) is 32.1 Å². The first-order valence-electron chi connectivity index (χ1n) is 8.84. The van der Waals surface area contributed by atoms with E-state index in [1.165, 1.54) is 18.3 Å². The summed E-state index contributed by atoms with van der Waals surface area (Å²) in [6, 6.07) is 18.5. The molecule has 0 aliphatic carbocycles. The van der Waals surface area contributed by atoms with Crippen LogP contribution in [0.1, 0.15) is 11.1 Å². The van der Waals surface area contributed by atoms with Gasteiger partial charge in [0.05, 0.1) is 16.8 Å². The summed E-state index contributed by atoms with van der Waals surface area (Å²) in [5.41, 5.74) is 4.25. The van der Waals surface area contributed by atoms with Crippen LogP contribution in [-0.2, 0) is 14.8 Å². The number of sulfonamides is 1. The van der Waals surface area contributed by atoms with Crippen LogP contribution in [0.4, 0.5) is 5.69 Å². The van der Waals surface area contributed by atoms with Crippen molar-refractivity contribution in [2.24, 2.45) is 5.10 Å². The molecule has 2 aromatic carbocycles. The molecule has 0 spiro atoms. The molecule has 3 aromatic rings. The number of anilines is 1. The van der Waals surface area contributed by atoms with Crippen molar-refractivity contribution in [2.75, 3.05) is 10.8 Å². The lowest BCUT2D eigenvalue weighted by molar-refractivity contribution is -0.119. The fourth-order valence-electron chi connectivity index (χ4n) is 2.66. The molecule has 1 amide bonds. The van der Waals surface area contributed by atoms with Crippen LogP contribution in [0.25, 0.3) is 0 Å². The van der Waals surface area contributed by atoms with Crippen molar-refractivity contribution in [1.82, 2.24) is 10.4 Å². The predicted molar refractivity (Wildman–Crippen MR) is 112 cm³/mol. The van der Waals surface area contributed by atoms with Gasteiger partial charge in [-0.3, -0.25) is 14.1 Å². The van der Waals surface area contributed by atoms with E-state index in [2.05, 4.69) is 15.5 Å². The number of para-hydroxylation sites is 1. The second kappa shape index (κ2) is 9.11. The number of carbonyl (C=O) groups excluding carboxylic acids is 1. The van der Waals surface area contributed by atoms with Crippen molar-refractivity contribution in [3.8, 4) is 0 Å². The van der Waals surface area contributed by atoms with E-state index in [9.17, 15) is 13.2 Å². The molecule has 0 radical (unpaired) electrons. The SMILES string of the molecule is Cc1ccccc1N(CC(=O)N/N=C/c1cccnc1)S(=O)(=O)c1ccccc1. The lowest BCUT2D eigenvalue weighted by atomic mass is 10.2. The Morgan fingerprint density at radius 3 is 2.48 bits per heavy atom. The van der Waals surface area contributed by atoms with Crippen LogP contribution < -0.4 is 9.73 Å². The molecule has 8 heteroatoms. The summed E-state index contributed by atoms with van der Waals surface area (Å²) in [5, 5.41) is 3.88. The van der Waals surface area contributed by atoms with Gasteiger partial charge in [-0.25, -0.2) is 13.8 Å². The maximum Gasteiger partial charge on any atom is 0.264 e. The molecule has 0 aliphatic heterocycles. The van der Waals surface area contributed by atoms with Gasteiger partial charge in [-0.1, -0.05) is 42.5 Å². The molecule has 0 bridgehead atoms. The third-order valence-corrected chi connectivity index (χ3v) is 5.86. The van der Waals surface area contributed by atoms with Gasteiger partial charge < -0.3 is 0 Å². The van der Waals surface area contributed by atoms with Crippen molar-refractivity contribution in [2.45, 2.75) is 11.8 Å². The molecule has 1 N–H and O–H groups in total. The maximum atomic E-state index is 13.2. The Morgan fingerprint density at radius 1 is 1.07 bits per heavy atom. The molecule has 7 nitrogen and oxygen atoms in total. The number of pyridine rings is 1. The van der Waals surface area contributed by atoms with Gasteiger partial charge in [-0.05, 0) is 36.8 Å². The molecular weight excluding hydrogens is 388 g/mol. The second-order valence-corrected chi connectivity index (χ2v) is 8.05. The highest BCUT2D eigenvalue weighted by Crippen LogP contribution is 2.26. The summed E-state index contributed by atoms with van der Waals surface area (Å²) < 4.78 is 27.5. The van der Waals surface area contributed by atoms with E-state index in [1.54, 1.807) is 67.8 Å². The molecule has 0 unspecified atom stereocenters. The highest BCUT2D eigenvalue weighted by atomic mass is 32.2. The average Bonchev–Trinajstić information content (AvgIpc) is 2.74. The van der Waals surface area contributed by atoms with Gasteiger partial charge in [0.2, 0.25) is 0 Å². The molecule has 0 saturated heterocycles. The number of hydrazone groups is 1. The number of benzene rings is 2. The summed E-state index contributed by atoms with van der Waals surface area (Å²) in [6.45, 7) is 1.38. The minimum absolute atomic E-state index is 0.106. The monoisotopic (exact) mass is 408 g/mol. The van der Waals surface area contributed by atoms with E-state index in [4.69, 9.17) is 0 Å². The molecule has 148 valence electrons. The average molecular weight is 408 g/mol. The van der Waals surface area contributed by atoms with Gasteiger partial charge in [0.15, 0.2) is 0 Å². The van der Waals surface area contributed by atoms with Crippen molar-refractivity contribution < 1.29 is 13.2 Å². The standard InChI is InChI=1S/C21H20N4O3S/c1-17-8-5-6-12-20(17)25(29(27,28)19-10-3-2-4-11-19)16-21(26)24-23-15-18-9-7-13-22-14-18/h2-15H,16H2,1H3,(H,24,26)/b23-15+. The molecule has 0 aliphatic rings. The van der Waals surface area contributed by atoms with Gasteiger partial charge in [0.1, 0.15) is 6.54 Å². The number of aryl methyl sites for hydroxylation is 1. The summed E-state index contributed by atoms with van der Waals surface area (Å²) in [6.07, 6.45) is 4.66. The first-order chi connectivity index (χ1) is 14.0. The number of hydrogen-bond donors (Lipinski definition) is 1. The highest BCUT2D eigenvalue weighted by Gasteiger charge is 2.27. The smallest absolute Gasteiger partial charge is 0.264 e. The third-order valence-electron chi connectivity index (χ3n) is 4.09. The van der Waals surface area contributed by atoms with Crippen molar-refractivity contribution in [3.63, 3.8) is 0 Å². The Balaban J connectivity index is 1.85. The van der Waals surface area contributed by atoms with Gasteiger partial charge in [0.25, 0.3) is 15.9 Å². The largest absolute Gasteiger partial charge is 0.271 e. The predicted octanol–water partition coefficient (Wildman–Crippen LogP) is 2.74. The van der Waals surface area contributed by atoms with E-state index in [0.29, 0.717) is 11.3 Å². The number of nitrogens with one attached hydrogen (secondary N) is 1. The fourth-order valence-corrected chi connectivity index (χ4v) is 4.17. The molecule has 0 fully saturated rings. The van der Waals surface area contributed by atoms with Crippen LogP contribution in [0.2, 0.25) is 0 Å². The van der Waals surface area contributed by atoms with Crippen LogP contribution in [0, 0.1) is 6.92 Å². The topological polar surface area (TPSA) is 91.7 Å². The fraction of sp³-hybridized carbons (Fsp3) is 0.0952. The molecule has 3 rings (SSSR count). The van der Waals surface area contributed by atoms with Gasteiger partial charge in [-0.2, -0.15) is 5.10 Å². The zero-order chi connectivity index (χ0) is 20.7. The van der Waals surface area contributed by atoms with Crippen molar-refractivity contribution in [3.05, 3.63) is 90.3 Å². The van der Waals surface area contributed by atoms with Crippen LogP contribution >= 0.6 is 0 Å². The van der Waals surface area contributed by atoms with E-state index < -0.39 is 22.5 Å². The van der Waals surface area contributed by atoms with Crippen LogP contribution in [0.5, 0.6) is 0 Å². The zero-order valence-electron chi connectivity index (χ0n) is 15.8. The van der Waals surface area contributed by atoms with E-state index in [0.717, 1.165) is 9.87 Å². The summed E-state index contributed by atoms with van der Waals surface area (Å²) in [7, 11) is -3.94. The summed E-state index contributed by atoms with van der Waals surface area (Å²) in [4.78, 5) is 16.5. The maximum absolute atomic E-state index is 13.2. The number of rotatable bonds is 7. The Labute approximate surface area is 169 Å². The van der Waals surface area contributed by atoms with Crippen LogP contribution in [0.3, 0.4) is 0 Å². The van der Waals surface area contributed by atoms with E-state index >= 15 is 0 Å².